The lowest BCUT2D eigenvalue weighted by Crippen LogP contribution is -2.46. The minimum absolute atomic E-state index is 0.0142. The van der Waals surface area contributed by atoms with Crippen LogP contribution in [0, 0.1) is 11.8 Å². The predicted octanol–water partition coefficient (Wildman–Crippen LogP) is 4.37. The van der Waals surface area contributed by atoms with Crippen molar-refractivity contribution in [3.05, 3.63) is 52.2 Å². The highest BCUT2D eigenvalue weighted by Gasteiger charge is 2.25. The number of anilines is 1. The molecule has 1 atom stereocenters. The van der Waals surface area contributed by atoms with Gasteiger partial charge in [0.25, 0.3) is 5.91 Å². The Balaban J connectivity index is 1.56. The fourth-order valence-corrected chi connectivity index (χ4v) is 4.17. The normalized spacial score (nSPS) is 16.6. The molecule has 1 aromatic heterocycles. The molecule has 6 heteroatoms. The minimum Gasteiger partial charge on any atom is -0.339 e. The summed E-state index contributed by atoms with van der Waals surface area (Å²) >= 11 is 1.37. The average Bonchev–Trinajstić information content (AvgIpc) is 3.24. The van der Waals surface area contributed by atoms with E-state index in [1.165, 1.54) is 29.7 Å². The van der Waals surface area contributed by atoms with Gasteiger partial charge in [0, 0.05) is 12.2 Å². The van der Waals surface area contributed by atoms with Crippen LogP contribution in [0.2, 0.25) is 0 Å². The van der Waals surface area contributed by atoms with Crippen molar-refractivity contribution in [3.63, 3.8) is 0 Å². The van der Waals surface area contributed by atoms with Crippen molar-refractivity contribution in [1.29, 1.82) is 0 Å². The summed E-state index contributed by atoms with van der Waals surface area (Å²) in [4.78, 5) is 28.2. The third-order valence-electron chi connectivity index (χ3n) is 5.48. The molecule has 5 nitrogen and oxygen atoms in total. The van der Waals surface area contributed by atoms with E-state index < -0.39 is 6.04 Å². The third kappa shape index (κ3) is 6.15. The Bertz CT molecular complexity index is 794. The Morgan fingerprint density at radius 2 is 1.83 bits per heavy atom. The van der Waals surface area contributed by atoms with Gasteiger partial charge in [-0.05, 0) is 66.9 Å². The first-order valence-corrected chi connectivity index (χ1v) is 11.3. The number of hydrogen-bond donors (Lipinski definition) is 2. The number of nitrogens with zero attached hydrogens (tertiary/aromatic N) is 1. The minimum atomic E-state index is -0.584. The highest BCUT2D eigenvalue weighted by atomic mass is 32.1. The zero-order valence-corrected chi connectivity index (χ0v) is 18.3. The molecule has 29 heavy (non-hydrogen) atoms. The number of thiophene rings is 1. The molecule has 2 N–H and O–H groups in total. The molecule has 1 saturated heterocycles. The number of likely N-dealkylation sites (tertiary alicyclic amines) is 1. The SMILES string of the molecule is CC1CCN(Cc2ccc(NC(=O)[C@H](NC(=O)c3cccs3)C(C)C)cc2)CC1. The Kier molecular flexibility index (Phi) is 7.45. The Labute approximate surface area is 177 Å². The molecule has 2 heterocycles. The van der Waals surface area contributed by atoms with Crippen LogP contribution in [0.5, 0.6) is 0 Å². The Morgan fingerprint density at radius 3 is 2.41 bits per heavy atom. The molecule has 0 unspecified atom stereocenters. The third-order valence-corrected chi connectivity index (χ3v) is 6.35. The molecule has 0 spiro atoms. The van der Waals surface area contributed by atoms with E-state index >= 15 is 0 Å². The van der Waals surface area contributed by atoms with Crippen molar-refractivity contribution in [2.45, 2.75) is 46.2 Å². The summed E-state index contributed by atoms with van der Waals surface area (Å²) in [7, 11) is 0. The number of hydrogen-bond acceptors (Lipinski definition) is 4. The van der Waals surface area contributed by atoms with Crippen molar-refractivity contribution >= 4 is 28.8 Å². The van der Waals surface area contributed by atoms with Crippen LogP contribution in [0.25, 0.3) is 0 Å². The van der Waals surface area contributed by atoms with E-state index in [-0.39, 0.29) is 17.7 Å². The first-order valence-electron chi connectivity index (χ1n) is 10.4. The summed E-state index contributed by atoms with van der Waals surface area (Å²) < 4.78 is 0. The van der Waals surface area contributed by atoms with Gasteiger partial charge in [0.15, 0.2) is 0 Å². The van der Waals surface area contributed by atoms with Crippen LogP contribution >= 0.6 is 11.3 Å². The molecule has 1 aliphatic heterocycles. The fraction of sp³-hybridized carbons (Fsp3) is 0.478. The van der Waals surface area contributed by atoms with E-state index in [0.29, 0.717) is 4.88 Å². The largest absolute Gasteiger partial charge is 0.339 e. The molecule has 0 radical (unpaired) electrons. The van der Waals surface area contributed by atoms with Crippen molar-refractivity contribution in [2.24, 2.45) is 11.8 Å². The molecule has 3 rings (SSSR count). The fourth-order valence-electron chi connectivity index (χ4n) is 3.55. The van der Waals surface area contributed by atoms with E-state index in [4.69, 9.17) is 0 Å². The van der Waals surface area contributed by atoms with E-state index in [1.807, 2.05) is 37.4 Å². The van der Waals surface area contributed by atoms with Crippen LogP contribution < -0.4 is 10.6 Å². The van der Waals surface area contributed by atoms with Crippen molar-refractivity contribution in [1.82, 2.24) is 10.2 Å². The molecule has 1 fully saturated rings. The monoisotopic (exact) mass is 413 g/mol. The Morgan fingerprint density at radius 1 is 1.14 bits per heavy atom. The standard InChI is InChI=1S/C23H31N3O2S/c1-16(2)21(25-22(27)20-5-4-14-29-20)23(28)24-19-8-6-18(7-9-19)15-26-12-10-17(3)11-13-26/h4-9,14,16-17,21H,10-13,15H2,1-3H3,(H,24,28)(H,25,27)/t21-/m1/s1. The van der Waals surface area contributed by atoms with Crippen LogP contribution in [0.15, 0.2) is 41.8 Å². The zero-order chi connectivity index (χ0) is 20.8. The first-order chi connectivity index (χ1) is 13.9. The number of piperidine rings is 1. The van der Waals surface area contributed by atoms with Gasteiger partial charge in [-0.25, -0.2) is 0 Å². The van der Waals surface area contributed by atoms with Crippen molar-refractivity contribution < 1.29 is 9.59 Å². The van der Waals surface area contributed by atoms with Gasteiger partial charge in [-0.2, -0.15) is 0 Å². The number of benzene rings is 1. The van der Waals surface area contributed by atoms with Gasteiger partial charge in [-0.1, -0.05) is 39.0 Å². The number of nitrogens with one attached hydrogen (secondary N) is 2. The van der Waals surface area contributed by atoms with Gasteiger partial charge in [-0.15, -0.1) is 11.3 Å². The Hall–Kier alpha value is -2.18. The molecule has 2 aromatic rings. The topological polar surface area (TPSA) is 61.4 Å². The predicted molar refractivity (Wildman–Crippen MR) is 119 cm³/mol. The van der Waals surface area contributed by atoms with Crippen LogP contribution in [0.4, 0.5) is 5.69 Å². The molecular weight excluding hydrogens is 382 g/mol. The van der Waals surface area contributed by atoms with Crippen LogP contribution in [-0.2, 0) is 11.3 Å². The number of rotatable bonds is 7. The van der Waals surface area contributed by atoms with Gasteiger partial charge in [0.1, 0.15) is 6.04 Å². The maximum absolute atomic E-state index is 12.8. The lowest BCUT2D eigenvalue weighted by atomic mass is 9.99. The number of carbonyl (C=O) groups is 2. The van der Waals surface area contributed by atoms with E-state index in [9.17, 15) is 9.59 Å². The number of carbonyl (C=O) groups excluding carboxylic acids is 2. The van der Waals surface area contributed by atoms with Crippen molar-refractivity contribution in [2.75, 3.05) is 18.4 Å². The maximum Gasteiger partial charge on any atom is 0.262 e. The van der Waals surface area contributed by atoms with E-state index in [2.05, 4.69) is 34.6 Å². The maximum atomic E-state index is 12.8. The second kappa shape index (κ2) is 10.0. The van der Waals surface area contributed by atoms with Gasteiger partial charge < -0.3 is 10.6 Å². The lowest BCUT2D eigenvalue weighted by molar-refractivity contribution is -0.118. The average molecular weight is 414 g/mol. The van der Waals surface area contributed by atoms with E-state index in [0.717, 1.165) is 31.2 Å². The summed E-state index contributed by atoms with van der Waals surface area (Å²) in [5.74, 6) is 0.417. The van der Waals surface area contributed by atoms with Crippen LogP contribution in [0.1, 0.15) is 48.8 Å². The highest BCUT2D eigenvalue weighted by molar-refractivity contribution is 7.12. The lowest BCUT2D eigenvalue weighted by Gasteiger charge is -2.30. The number of amides is 2. The second-order valence-electron chi connectivity index (χ2n) is 8.32. The van der Waals surface area contributed by atoms with Gasteiger partial charge in [0.2, 0.25) is 5.91 Å². The molecule has 156 valence electrons. The smallest absolute Gasteiger partial charge is 0.262 e. The van der Waals surface area contributed by atoms with Crippen molar-refractivity contribution in [3.8, 4) is 0 Å². The summed E-state index contributed by atoms with van der Waals surface area (Å²) in [5.41, 5.74) is 2.01. The summed E-state index contributed by atoms with van der Waals surface area (Å²) in [5, 5.41) is 7.66. The molecule has 1 aliphatic rings. The molecule has 0 aliphatic carbocycles. The molecule has 1 aromatic carbocycles. The quantitative estimate of drug-likeness (QED) is 0.708. The highest BCUT2D eigenvalue weighted by Crippen LogP contribution is 2.19. The first kappa shape index (κ1) is 21.5. The molecule has 2 amide bonds. The van der Waals surface area contributed by atoms with Gasteiger partial charge >= 0.3 is 0 Å². The molecule has 0 saturated carbocycles. The summed E-state index contributed by atoms with van der Waals surface area (Å²) in [6.45, 7) is 9.44. The molecule has 0 bridgehead atoms. The van der Waals surface area contributed by atoms with Gasteiger partial charge in [-0.3, -0.25) is 14.5 Å². The van der Waals surface area contributed by atoms with Gasteiger partial charge in [0.05, 0.1) is 4.88 Å². The van der Waals surface area contributed by atoms with Crippen LogP contribution in [-0.4, -0.2) is 35.8 Å². The molecular formula is C23H31N3O2S. The summed E-state index contributed by atoms with van der Waals surface area (Å²) in [6.07, 6.45) is 2.53. The zero-order valence-electron chi connectivity index (χ0n) is 17.5. The van der Waals surface area contributed by atoms with E-state index in [1.54, 1.807) is 6.07 Å². The second-order valence-corrected chi connectivity index (χ2v) is 9.26. The van der Waals surface area contributed by atoms with Crippen LogP contribution in [0.3, 0.4) is 0 Å². The summed E-state index contributed by atoms with van der Waals surface area (Å²) in [6, 6.07) is 11.0.